The molecule has 2 saturated heterocycles. The Balaban J connectivity index is 1.96. The fourth-order valence-corrected chi connectivity index (χ4v) is 2.88. The van der Waals surface area contributed by atoms with Crippen molar-refractivity contribution < 1.29 is 23.9 Å². The molecule has 23 heavy (non-hydrogen) atoms. The Labute approximate surface area is 136 Å². The van der Waals surface area contributed by atoms with E-state index in [1.165, 1.54) is 7.11 Å². The van der Waals surface area contributed by atoms with Crippen LogP contribution in [0.25, 0.3) is 0 Å². The number of esters is 1. The number of piperazine rings is 1. The number of amides is 2. The largest absolute Gasteiger partial charge is 0.469 e. The molecule has 0 radical (unpaired) electrons. The summed E-state index contributed by atoms with van der Waals surface area (Å²) in [5.74, 6) is -0.721. The standard InChI is InChI=1S/C15H25N3O5/c1-3-11-9-18(6-7-23-11)13(19)10-17-5-4-16-15(21)12(17)8-14(20)22-2/h11-12H,3-10H2,1-2H3,(H,16,21). The fourth-order valence-electron chi connectivity index (χ4n) is 2.88. The van der Waals surface area contributed by atoms with E-state index in [4.69, 9.17) is 4.74 Å². The van der Waals surface area contributed by atoms with Gasteiger partial charge in [-0.3, -0.25) is 19.3 Å². The highest BCUT2D eigenvalue weighted by Crippen LogP contribution is 2.13. The van der Waals surface area contributed by atoms with Crippen LogP contribution in [0.1, 0.15) is 19.8 Å². The number of morpholine rings is 1. The molecule has 0 bridgehead atoms. The minimum Gasteiger partial charge on any atom is -0.469 e. The molecule has 2 heterocycles. The van der Waals surface area contributed by atoms with Crippen molar-refractivity contribution in [1.82, 2.24) is 15.1 Å². The number of carbonyl (C=O) groups excluding carboxylic acids is 3. The van der Waals surface area contributed by atoms with Crippen LogP contribution < -0.4 is 5.32 Å². The lowest BCUT2D eigenvalue weighted by Gasteiger charge is -2.37. The van der Waals surface area contributed by atoms with Crippen LogP contribution in [0.4, 0.5) is 0 Å². The fraction of sp³-hybridized carbons (Fsp3) is 0.800. The molecular formula is C15H25N3O5. The average Bonchev–Trinajstić information content (AvgIpc) is 2.57. The van der Waals surface area contributed by atoms with Crippen LogP contribution in [-0.4, -0.2) is 86.2 Å². The van der Waals surface area contributed by atoms with Crippen molar-refractivity contribution in [3.63, 3.8) is 0 Å². The topological polar surface area (TPSA) is 88.2 Å². The van der Waals surface area contributed by atoms with Gasteiger partial charge in [-0.1, -0.05) is 6.92 Å². The van der Waals surface area contributed by atoms with Crippen molar-refractivity contribution in [2.45, 2.75) is 31.9 Å². The molecule has 0 spiro atoms. The molecule has 8 heteroatoms. The molecule has 2 amide bonds. The molecule has 0 aliphatic carbocycles. The molecule has 0 aromatic rings. The maximum Gasteiger partial charge on any atom is 0.307 e. The van der Waals surface area contributed by atoms with E-state index in [2.05, 4.69) is 10.1 Å². The maximum atomic E-state index is 12.5. The van der Waals surface area contributed by atoms with Gasteiger partial charge in [-0.25, -0.2) is 0 Å². The van der Waals surface area contributed by atoms with Crippen molar-refractivity contribution in [3.8, 4) is 0 Å². The van der Waals surface area contributed by atoms with Crippen LogP contribution in [0, 0.1) is 0 Å². The minimum atomic E-state index is -0.650. The Hall–Kier alpha value is -1.67. The van der Waals surface area contributed by atoms with E-state index in [-0.39, 0.29) is 30.9 Å². The minimum absolute atomic E-state index is 0.0312. The van der Waals surface area contributed by atoms with Gasteiger partial charge in [0.2, 0.25) is 11.8 Å². The third-order valence-electron chi connectivity index (χ3n) is 4.31. The molecule has 2 rings (SSSR count). The Morgan fingerprint density at radius 1 is 1.39 bits per heavy atom. The van der Waals surface area contributed by atoms with Gasteiger partial charge in [-0.2, -0.15) is 0 Å². The summed E-state index contributed by atoms with van der Waals surface area (Å²) in [6.07, 6.45) is 0.889. The average molecular weight is 327 g/mol. The summed E-state index contributed by atoms with van der Waals surface area (Å²) in [5.41, 5.74) is 0. The molecule has 2 aliphatic rings. The Bertz CT molecular complexity index is 456. The summed E-state index contributed by atoms with van der Waals surface area (Å²) >= 11 is 0. The summed E-state index contributed by atoms with van der Waals surface area (Å²) in [4.78, 5) is 39.6. The number of nitrogens with zero attached hydrogens (tertiary/aromatic N) is 2. The van der Waals surface area contributed by atoms with Crippen LogP contribution in [0.5, 0.6) is 0 Å². The first-order chi connectivity index (χ1) is 11.0. The Morgan fingerprint density at radius 3 is 2.87 bits per heavy atom. The summed E-state index contributed by atoms with van der Waals surface area (Å²) in [5, 5.41) is 2.73. The van der Waals surface area contributed by atoms with E-state index in [9.17, 15) is 14.4 Å². The van der Waals surface area contributed by atoms with Crippen molar-refractivity contribution >= 4 is 17.8 Å². The zero-order valence-corrected chi connectivity index (χ0v) is 13.7. The number of nitrogens with one attached hydrogen (secondary N) is 1. The zero-order chi connectivity index (χ0) is 16.8. The van der Waals surface area contributed by atoms with Crippen LogP contribution in [0.3, 0.4) is 0 Å². The van der Waals surface area contributed by atoms with E-state index in [0.717, 1.165) is 6.42 Å². The molecule has 0 aromatic carbocycles. The van der Waals surface area contributed by atoms with Crippen molar-refractivity contribution in [3.05, 3.63) is 0 Å². The normalized spacial score (nSPS) is 25.8. The van der Waals surface area contributed by atoms with Crippen LogP contribution >= 0.6 is 0 Å². The molecule has 0 saturated carbocycles. The molecule has 130 valence electrons. The maximum absolute atomic E-state index is 12.5. The van der Waals surface area contributed by atoms with Gasteiger partial charge in [-0.05, 0) is 6.42 Å². The van der Waals surface area contributed by atoms with E-state index in [1.807, 2.05) is 6.92 Å². The second-order valence-corrected chi connectivity index (χ2v) is 5.80. The predicted octanol–water partition coefficient (Wildman–Crippen LogP) is -1.01. The van der Waals surface area contributed by atoms with Crippen molar-refractivity contribution in [1.29, 1.82) is 0 Å². The third-order valence-corrected chi connectivity index (χ3v) is 4.31. The van der Waals surface area contributed by atoms with Gasteiger partial charge < -0.3 is 19.7 Å². The second-order valence-electron chi connectivity index (χ2n) is 5.80. The predicted molar refractivity (Wildman–Crippen MR) is 81.6 cm³/mol. The highest BCUT2D eigenvalue weighted by Gasteiger charge is 2.34. The molecule has 8 nitrogen and oxygen atoms in total. The van der Waals surface area contributed by atoms with Gasteiger partial charge in [0.1, 0.15) is 6.04 Å². The molecular weight excluding hydrogens is 302 g/mol. The molecule has 0 aromatic heterocycles. The lowest BCUT2D eigenvalue weighted by molar-refractivity contribution is -0.149. The zero-order valence-electron chi connectivity index (χ0n) is 13.7. The Kier molecular flexibility index (Phi) is 6.35. The van der Waals surface area contributed by atoms with Crippen LogP contribution in [-0.2, 0) is 23.9 Å². The lowest BCUT2D eigenvalue weighted by Crippen LogP contribution is -2.59. The van der Waals surface area contributed by atoms with Crippen molar-refractivity contribution in [2.75, 3.05) is 46.4 Å². The van der Waals surface area contributed by atoms with Crippen molar-refractivity contribution in [2.24, 2.45) is 0 Å². The summed E-state index contributed by atoms with van der Waals surface area (Å²) in [6, 6.07) is -0.650. The first-order valence-corrected chi connectivity index (χ1v) is 8.03. The second kappa shape index (κ2) is 8.26. The van der Waals surface area contributed by atoms with Crippen LogP contribution in [0.2, 0.25) is 0 Å². The lowest BCUT2D eigenvalue weighted by atomic mass is 10.1. The number of rotatable bonds is 5. The number of methoxy groups -OCH3 is 1. The van der Waals surface area contributed by atoms with E-state index >= 15 is 0 Å². The molecule has 2 aliphatic heterocycles. The van der Waals surface area contributed by atoms with Gasteiger partial charge >= 0.3 is 5.97 Å². The van der Waals surface area contributed by atoms with E-state index in [1.54, 1.807) is 9.80 Å². The Morgan fingerprint density at radius 2 is 2.17 bits per heavy atom. The van der Waals surface area contributed by atoms with Crippen LogP contribution in [0.15, 0.2) is 0 Å². The highest BCUT2D eigenvalue weighted by atomic mass is 16.5. The SMILES string of the molecule is CCC1CN(C(=O)CN2CCNC(=O)C2CC(=O)OC)CCO1. The van der Waals surface area contributed by atoms with Gasteiger partial charge in [0, 0.05) is 26.2 Å². The summed E-state index contributed by atoms with van der Waals surface area (Å²) in [7, 11) is 1.29. The van der Waals surface area contributed by atoms with Gasteiger partial charge in [0.05, 0.1) is 32.8 Å². The number of carbonyl (C=O) groups is 3. The highest BCUT2D eigenvalue weighted by molar-refractivity contribution is 5.88. The smallest absolute Gasteiger partial charge is 0.307 e. The van der Waals surface area contributed by atoms with Gasteiger partial charge in [-0.15, -0.1) is 0 Å². The molecule has 2 atom stereocenters. The quantitative estimate of drug-likeness (QED) is 0.651. The third kappa shape index (κ3) is 4.65. The number of hydrogen-bond acceptors (Lipinski definition) is 6. The molecule has 1 N–H and O–H groups in total. The van der Waals surface area contributed by atoms with Gasteiger partial charge in [0.25, 0.3) is 0 Å². The van der Waals surface area contributed by atoms with E-state index < -0.39 is 12.0 Å². The number of hydrogen-bond donors (Lipinski definition) is 1. The van der Waals surface area contributed by atoms with Gasteiger partial charge in [0.15, 0.2) is 0 Å². The molecule has 2 fully saturated rings. The first kappa shape index (κ1) is 17.7. The first-order valence-electron chi connectivity index (χ1n) is 8.03. The number of ether oxygens (including phenoxy) is 2. The van der Waals surface area contributed by atoms with E-state index in [0.29, 0.717) is 32.8 Å². The summed E-state index contributed by atoms with van der Waals surface area (Å²) < 4.78 is 10.2. The summed E-state index contributed by atoms with van der Waals surface area (Å²) in [6.45, 7) is 4.86. The monoisotopic (exact) mass is 327 g/mol. The molecule has 2 unspecified atom stereocenters.